The van der Waals surface area contributed by atoms with Crippen LogP contribution in [0.5, 0.6) is 0 Å². The SMILES string of the molecule is CN(C(=O)CSc1nccc(-c2ccccn2)n1)C1CCCCC1. The Balaban J connectivity index is 1.59. The molecule has 0 unspecified atom stereocenters. The molecule has 0 saturated heterocycles. The van der Waals surface area contributed by atoms with E-state index in [1.165, 1.54) is 31.0 Å². The van der Waals surface area contributed by atoms with E-state index in [0.717, 1.165) is 24.2 Å². The normalized spacial score (nSPS) is 15.2. The van der Waals surface area contributed by atoms with Gasteiger partial charge in [0.1, 0.15) is 0 Å². The highest BCUT2D eigenvalue weighted by Gasteiger charge is 2.22. The summed E-state index contributed by atoms with van der Waals surface area (Å²) >= 11 is 1.39. The Hall–Kier alpha value is -1.95. The van der Waals surface area contributed by atoms with Crippen molar-refractivity contribution in [3.63, 3.8) is 0 Å². The predicted octanol–water partition coefficient (Wildman–Crippen LogP) is 3.42. The van der Waals surface area contributed by atoms with Crippen molar-refractivity contribution in [2.75, 3.05) is 12.8 Å². The van der Waals surface area contributed by atoms with Crippen LogP contribution in [0.1, 0.15) is 32.1 Å². The third-order valence-electron chi connectivity index (χ3n) is 4.40. The van der Waals surface area contributed by atoms with Gasteiger partial charge in [0.25, 0.3) is 0 Å². The van der Waals surface area contributed by atoms with Crippen molar-refractivity contribution in [2.24, 2.45) is 0 Å². The van der Waals surface area contributed by atoms with Gasteiger partial charge in [0.2, 0.25) is 5.91 Å². The summed E-state index contributed by atoms with van der Waals surface area (Å²) < 4.78 is 0. The van der Waals surface area contributed by atoms with Gasteiger partial charge in [-0.05, 0) is 31.0 Å². The van der Waals surface area contributed by atoms with Crippen LogP contribution in [0.25, 0.3) is 11.4 Å². The lowest BCUT2D eigenvalue weighted by molar-refractivity contribution is -0.129. The Morgan fingerprint density at radius 3 is 2.71 bits per heavy atom. The van der Waals surface area contributed by atoms with Crippen molar-refractivity contribution < 1.29 is 4.79 Å². The molecule has 1 fully saturated rings. The van der Waals surface area contributed by atoms with Gasteiger partial charge in [-0.25, -0.2) is 9.97 Å². The summed E-state index contributed by atoms with van der Waals surface area (Å²) in [5, 5.41) is 0.614. The maximum Gasteiger partial charge on any atom is 0.233 e. The van der Waals surface area contributed by atoms with Crippen molar-refractivity contribution in [3.05, 3.63) is 36.7 Å². The van der Waals surface area contributed by atoms with E-state index in [0.29, 0.717) is 17.0 Å². The molecule has 1 saturated carbocycles. The lowest BCUT2D eigenvalue weighted by atomic mass is 9.94. The van der Waals surface area contributed by atoms with Crippen molar-refractivity contribution in [3.8, 4) is 11.4 Å². The summed E-state index contributed by atoms with van der Waals surface area (Å²) in [6.45, 7) is 0. The fourth-order valence-electron chi connectivity index (χ4n) is 2.97. The lowest BCUT2D eigenvalue weighted by Gasteiger charge is -2.31. The Kier molecular flexibility index (Phi) is 5.80. The fraction of sp³-hybridized carbons (Fsp3) is 0.444. The first-order valence-electron chi connectivity index (χ1n) is 8.37. The van der Waals surface area contributed by atoms with Crippen LogP contribution in [-0.2, 0) is 4.79 Å². The quantitative estimate of drug-likeness (QED) is 0.615. The minimum atomic E-state index is 0.152. The van der Waals surface area contributed by atoms with Crippen LogP contribution in [0.15, 0.2) is 41.8 Å². The smallest absolute Gasteiger partial charge is 0.233 e. The summed E-state index contributed by atoms with van der Waals surface area (Å²) in [4.78, 5) is 27.4. The number of hydrogen-bond donors (Lipinski definition) is 0. The van der Waals surface area contributed by atoms with Gasteiger partial charge in [-0.15, -0.1) is 0 Å². The molecular weight excluding hydrogens is 320 g/mol. The van der Waals surface area contributed by atoms with E-state index in [2.05, 4.69) is 15.0 Å². The van der Waals surface area contributed by atoms with Crippen molar-refractivity contribution in [2.45, 2.75) is 43.3 Å². The maximum absolute atomic E-state index is 12.4. The zero-order chi connectivity index (χ0) is 16.8. The maximum atomic E-state index is 12.4. The highest BCUT2D eigenvalue weighted by atomic mass is 32.2. The summed E-state index contributed by atoms with van der Waals surface area (Å²) in [7, 11) is 1.92. The van der Waals surface area contributed by atoms with E-state index in [4.69, 9.17) is 0 Å². The number of thioether (sulfide) groups is 1. The number of hydrogen-bond acceptors (Lipinski definition) is 5. The molecule has 5 nitrogen and oxygen atoms in total. The van der Waals surface area contributed by atoms with Gasteiger partial charge in [0.15, 0.2) is 5.16 Å². The number of aromatic nitrogens is 3. The van der Waals surface area contributed by atoms with Crippen molar-refractivity contribution in [1.82, 2.24) is 19.9 Å². The Morgan fingerprint density at radius 1 is 1.12 bits per heavy atom. The standard InChI is InChI=1S/C18H22N4OS/c1-22(14-7-3-2-4-8-14)17(23)13-24-18-20-12-10-16(21-18)15-9-5-6-11-19-15/h5-6,9-12,14H,2-4,7-8,13H2,1H3. The van der Waals surface area contributed by atoms with E-state index in [1.807, 2.05) is 36.2 Å². The fourth-order valence-corrected chi connectivity index (χ4v) is 3.72. The third kappa shape index (κ3) is 4.32. The van der Waals surface area contributed by atoms with Gasteiger partial charge in [-0.3, -0.25) is 9.78 Å². The third-order valence-corrected chi connectivity index (χ3v) is 5.25. The molecule has 2 aromatic heterocycles. The van der Waals surface area contributed by atoms with E-state index >= 15 is 0 Å². The number of carbonyl (C=O) groups excluding carboxylic acids is 1. The number of pyridine rings is 1. The van der Waals surface area contributed by atoms with Crippen LogP contribution < -0.4 is 0 Å². The van der Waals surface area contributed by atoms with Crippen LogP contribution in [0.3, 0.4) is 0 Å². The van der Waals surface area contributed by atoms with Gasteiger partial charge in [-0.1, -0.05) is 37.1 Å². The molecule has 3 rings (SSSR count). The molecule has 6 heteroatoms. The van der Waals surface area contributed by atoms with Crippen LogP contribution in [0.2, 0.25) is 0 Å². The Labute approximate surface area is 146 Å². The Bertz CT molecular complexity index is 674. The molecule has 0 bridgehead atoms. The minimum absolute atomic E-state index is 0.152. The van der Waals surface area contributed by atoms with Crippen LogP contribution in [-0.4, -0.2) is 44.6 Å². The van der Waals surface area contributed by atoms with Crippen LogP contribution in [0.4, 0.5) is 0 Å². The summed E-state index contributed by atoms with van der Waals surface area (Å²) in [5.74, 6) is 0.525. The largest absolute Gasteiger partial charge is 0.342 e. The van der Waals surface area contributed by atoms with E-state index in [9.17, 15) is 4.79 Å². The molecule has 126 valence electrons. The van der Waals surface area contributed by atoms with Gasteiger partial charge >= 0.3 is 0 Å². The molecule has 0 aromatic carbocycles. The zero-order valence-corrected chi connectivity index (χ0v) is 14.7. The highest BCUT2D eigenvalue weighted by Crippen LogP contribution is 2.23. The molecule has 0 atom stereocenters. The number of carbonyl (C=O) groups is 1. The second-order valence-corrected chi connectivity index (χ2v) is 6.97. The molecule has 0 radical (unpaired) electrons. The summed E-state index contributed by atoms with van der Waals surface area (Å²) in [5.41, 5.74) is 1.59. The van der Waals surface area contributed by atoms with Crippen molar-refractivity contribution in [1.29, 1.82) is 0 Å². The molecule has 1 aliphatic rings. The minimum Gasteiger partial charge on any atom is -0.342 e. The van der Waals surface area contributed by atoms with Gasteiger partial charge < -0.3 is 4.90 Å². The van der Waals surface area contributed by atoms with E-state index in [1.54, 1.807) is 12.4 Å². The monoisotopic (exact) mass is 342 g/mol. The first kappa shape index (κ1) is 16.9. The highest BCUT2D eigenvalue weighted by molar-refractivity contribution is 7.99. The molecule has 2 aromatic rings. The molecule has 0 spiro atoms. The van der Waals surface area contributed by atoms with Gasteiger partial charge in [0, 0.05) is 25.5 Å². The van der Waals surface area contributed by atoms with Crippen LogP contribution in [0, 0.1) is 0 Å². The van der Waals surface area contributed by atoms with Gasteiger partial charge in [0.05, 0.1) is 17.1 Å². The molecule has 1 aliphatic carbocycles. The second-order valence-electron chi connectivity index (χ2n) is 6.02. The number of nitrogens with zero attached hydrogens (tertiary/aromatic N) is 4. The topological polar surface area (TPSA) is 59.0 Å². The Morgan fingerprint density at radius 2 is 1.96 bits per heavy atom. The number of rotatable bonds is 5. The molecule has 1 amide bonds. The van der Waals surface area contributed by atoms with E-state index < -0.39 is 0 Å². The first-order valence-corrected chi connectivity index (χ1v) is 9.35. The van der Waals surface area contributed by atoms with E-state index in [-0.39, 0.29) is 5.91 Å². The number of amides is 1. The molecule has 2 heterocycles. The summed E-state index contributed by atoms with van der Waals surface area (Å²) in [6, 6.07) is 7.95. The predicted molar refractivity (Wildman–Crippen MR) is 95.6 cm³/mol. The second kappa shape index (κ2) is 8.24. The lowest BCUT2D eigenvalue weighted by Crippen LogP contribution is -2.39. The van der Waals surface area contributed by atoms with Gasteiger partial charge in [-0.2, -0.15) is 0 Å². The molecular formula is C18H22N4OS. The van der Waals surface area contributed by atoms with Crippen LogP contribution >= 0.6 is 11.8 Å². The average Bonchev–Trinajstić information content (AvgIpc) is 2.67. The average molecular weight is 342 g/mol. The molecule has 0 aliphatic heterocycles. The molecule has 0 N–H and O–H groups in total. The van der Waals surface area contributed by atoms with Crippen molar-refractivity contribution >= 4 is 17.7 Å². The molecule has 24 heavy (non-hydrogen) atoms. The summed E-state index contributed by atoms with van der Waals surface area (Å²) in [6.07, 6.45) is 9.45. The zero-order valence-electron chi connectivity index (χ0n) is 13.9. The first-order chi connectivity index (χ1) is 11.7.